The standard InChI is InChI=1S/C11H12FNO3/c12-9-4-2-1-3-8(9)11(10(14)15)7-16-6-5-13-11/h1-4,13H,5-7H2,(H,14,15). The smallest absolute Gasteiger partial charge is 0.331 e. The van der Waals surface area contributed by atoms with E-state index in [-0.39, 0.29) is 12.2 Å². The zero-order valence-corrected chi connectivity index (χ0v) is 8.57. The summed E-state index contributed by atoms with van der Waals surface area (Å²) in [6.07, 6.45) is 0. The van der Waals surface area contributed by atoms with E-state index in [9.17, 15) is 14.3 Å². The van der Waals surface area contributed by atoms with Crippen LogP contribution in [0.2, 0.25) is 0 Å². The van der Waals surface area contributed by atoms with E-state index in [0.29, 0.717) is 13.2 Å². The minimum Gasteiger partial charge on any atom is -0.480 e. The quantitative estimate of drug-likeness (QED) is 0.778. The van der Waals surface area contributed by atoms with Crippen LogP contribution in [0.5, 0.6) is 0 Å². The van der Waals surface area contributed by atoms with Gasteiger partial charge in [-0.25, -0.2) is 9.18 Å². The van der Waals surface area contributed by atoms with Crippen molar-refractivity contribution in [3.63, 3.8) is 0 Å². The molecule has 16 heavy (non-hydrogen) atoms. The van der Waals surface area contributed by atoms with Crippen LogP contribution in [-0.4, -0.2) is 30.8 Å². The number of benzene rings is 1. The van der Waals surface area contributed by atoms with E-state index < -0.39 is 17.3 Å². The van der Waals surface area contributed by atoms with Gasteiger partial charge >= 0.3 is 5.97 Å². The zero-order valence-electron chi connectivity index (χ0n) is 8.57. The molecule has 5 heteroatoms. The van der Waals surface area contributed by atoms with Gasteiger partial charge in [0.05, 0.1) is 13.2 Å². The predicted octanol–water partition coefficient (Wildman–Crippen LogP) is 0.725. The summed E-state index contributed by atoms with van der Waals surface area (Å²) in [5.74, 6) is -1.67. The summed E-state index contributed by atoms with van der Waals surface area (Å²) < 4.78 is 18.8. The molecule has 1 saturated heterocycles. The van der Waals surface area contributed by atoms with Gasteiger partial charge < -0.3 is 9.84 Å². The third-order valence-corrected chi connectivity index (χ3v) is 2.69. The van der Waals surface area contributed by atoms with E-state index in [4.69, 9.17) is 4.74 Å². The van der Waals surface area contributed by atoms with Gasteiger partial charge in [-0.05, 0) is 6.07 Å². The Bertz CT molecular complexity index is 402. The van der Waals surface area contributed by atoms with Crippen molar-refractivity contribution in [2.75, 3.05) is 19.8 Å². The molecule has 2 rings (SSSR count). The lowest BCUT2D eigenvalue weighted by Gasteiger charge is -2.34. The van der Waals surface area contributed by atoms with E-state index >= 15 is 0 Å². The van der Waals surface area contributed by atoms with E-state index in [1.165, 1.54) is 18.2 Å². The normalized spacial score (nSPS) is 25.3. The fourth-order valence-electron chi connectivity index (χ4n) is 1.85. The maximum atomic E-state index is 13.6. The molecule has 0 amide bonds. The second-order valence-electron chi connectivity index (χ2n) is 3.67. The molecule has 2 N–H and O–H groups in total. The van der Waals surface area contributed by atoms with Gasteiger partial charge in [-0.15, -0.1) is 0 Å². The number of rotatable bonds is 2. The van der Waals surface area contributed by atoms with Gasteiger partial charge in [-0.3, -0.25) is 5.32 Å². The van der Waals surface area contributed by atoms with Crippen molar-refractivity contribution in [2.45, 2.75) is 5.54 Å². The van der Waals surface area contributed by atoms with Crippen LogP contribution in [0.15, 0.2) is 24.3 Å². The predicted molar refractivity (Wildman–Crippen MR) is 54.5 cm³/mol. The SMILES string of the molecule is O=C(O)C1(c2ccccc2F)COCCN1. The fourth-order valence-corrected chi connectivity index (χ4v) is 1.85. The lowest BCUT2D eigenvalue weighted by Crippen LogP contribution is -2.57. The summed E-state index contributed by atoms with van der Waals surface area (Å²) in [7, 11) is 0. The first-order chi connectivity index (χ1) is 7.67. The van der Waals surface area contributed by atoms with Crippen molar-refractivity contribution in [1.29, 1.82) is 0 Å². The van der Waals surface area contributed by atoms with Gasteiger partial charge in [0.2, 0.25) is 0 Å². The minimum absolute atomic E-state index is 0.0662. The highest BCUT2D eigenvalue weighted by Crippen LogP contribution is 2.26. The average Bonchev–Trinajstić information content (AvgIpc) is 2.30. The molecule has 0 bridgehead atoms. The summed E-state index contributed by atoms with van der Waals surface area (Å²) >= 11 is 0. The Morgan fingerprint density at radius 3 is 2.81 bits per heavy atom. The number of morpholine rings is 1. The molecule has 1 fully saturated rings. The second-order valence-corrected chi connectivity index (χ2v) is 3.67. The molecular weight excluding hydrogens is 213 g/mol. The van der Waals surface area contributed by atoms with Gasteiger partial charge in [-0.2, -0.15) is 0 Å². The first-order valence-corrected chi connectivity index (χ1v) is 4.98. The highest BCUT2D eigenvalue weighted by atomic mass is 19.1. The number of halogens is 1. The van der Waals surface area contributed by atoms with E-state index in [1.54, 1.807) is 6.07 Å². The van der Waals surface area contributed by atoms with Crippen molar-refractivity contribution < 1.29 is 19.0 Å². The highest BCUT2D eigenvalue weighted by molar-refractivity contribution is 5.81. The Kier molecular flexibility index (Phi) is 2.89. The van der Waals surface area contributed by atoms with Crippen LogP contribution in [0.3, 0.4) is 0 Å². The Balaban J connectivity index is 2.47. The monoisotopic (exact) mass is 225 g/mol. The van der Waals surface area contributed by atoms with Crippen LogP contribution in [0.4, 0.5) is 4.39 Å². The molecule has 0 radical (unpaired) electrons. The van der Waals surface area contributed by atoms with E-state index in [2.05, 4.69) is 5.32 Å². The molecular formula is C11H12FNO3. The number of hydrogen-bond donors (Lipinski definition) is 2. The Hall–Kier alpha value is -1.46. The molecule has 1 unspecified atom stereocenters. The number of carboxylic acid groups (broad SMARTS) is 1. The van der Waals surface area contributed by atoms with Crippen LogP contribution in [0.25, 0.3) is 0 Å². The summed E-state index contributed by atoms with van der Waals surface area (Å²) in [5.41, 5.74) is -1.36. The van der Waals surface area contributed by atoms with Crippen molar-refractivity contribution in [1.82, 2.24) is 5.32 Å². The second kappa shape index (κ2) is 4.19. The number of ether oxygens (including phenoxy) is 1. The van der Waals surface area contributed by atoms with Crippen LogP contribution >= 0.6 is 0 Å². The van der Waals surface area contributed by atoms with Crippen LogP contribution in [0, 0.1) is 5.82 Å². The van der Waals surface area contributed by atoms with Crippen molar-refractivity contribution in [3.05, 3.63) is 35.6 Å². The molecule has 4 nitrogen and oxygen atoms in total. The van der Waals surface area contributed by atoms with Gasteiger partial charge in [0.1, 0.15) is 5.82 Å². The first-order valence-electron chi connectivity index (χ1n) is 4.98. The Morgan fingerprint density at radius 2 is 2.25 bits per heavy atom. The van der Waals surface area contributed by atoms with E-state index in [1.807, 2.05) is 0 Å². The molecule has 0 aliphatic carbocycles. The number of aliphatic carboxylic acids is 1. The molecule has 1 heterocycles. The molecule has 0 spiro atoms. The van der Waals surface area contributed by atoms with Crippen molar-refractivity contribution in [3.8, 4) is 0 Å². The Labute approximate surface area is 92.0 Å². The summed E-state index contributed by atoms with van der Waals surface area (Å²) in [6.45, 7) is 0.757. The third kappa shape index (κ3) is 1.68. The lowest BCUT2D eigenvalue weighted by atomic mass is 9.89. The summed E-state index contributed by atoms with van der Waals surface area (Å²) in [5, 5.41) is 12.1. The lowest BCUT2D eigenvalue weighted by molar-refractivity contribution is -0.151. The number of hydrogen-bond acceptors (Lipinski definition) is 3. The zero-order chi connectivity index (χ0) is 11.6. The summed E-state index contributed by atoms with van der Waals surface area (Å²) in [6, 6.07) is 5.85. The first kappa shape index (κ1) is 11.0. The van der Waals surface area contributed by atoms with Gasteiger partial charge in [0.25, 0.3) is 0 Å². The van der Waals surface area contributed by atoms with Crippen LogP contribution in [0.1, 0.15) is 5.56 Å². The molecule has 1 aromatic carbocycles. The molecule has 1 aromatic rings. The van der Waals surface area contributed by atoms with Crippen LogP contribution in [-0.2, 0) is 15.1 Å². The number of nitrogens with one attached hydrogen (secondary N) is 1. The molecule has 1 aliphatic rings. The van der Waals surface area contributed by atoms with Gasteiger partial charge in [0.15, 0.2) is 5.54 Å². The highest BCUT2D eigenvalue weighted by Gasteiger charge is 2.44. The summed E-state index contributed by atoms with van der Waals surface area (Å²) in [4.78, 5) is 11.3. The van der Waals surface area contributed by atoms with Gasteiger partial charge in [-0.1, -0.05) is 18.2 Å². The molecule has 1 atom stereocenters. The molecule has 0 saturated carbocycles. The number of carbonyl (C=O) groups is 1. The van der Waals surface area contributed by atoms with Crippen molar-refractivity contribution >= 4 is 5.97 Å². The van der Waals surface area contributed by atoms with Gasteiger partial charge in [0, 0.05) is 12.1 Å². The fraction of sp³-hybridized carbons (Fsp3) is 0.364. The Morgan fingerprint density at radius 1 is 1.50 bits per heavy atom. The minimum atomic E-state index is -1.47. The van der Waals surface area contributed by atoms with Crippen LogP contribution < -0.4 is 5.32 Å². The topological polar surface area (TPSA) is 58.6 Å². The molecule has 86 valence electrons. The largest absolute Gasteiger partial charge is 0.480 e. The third-order valence-electron chi connectivity index (χ3n) is 2.69. The van der Waals surface area contributed by atoms with E-state index in [0.717, 1.165) is 0 Å². The van der Waals surface area contributed by atoms with Crippen molar-refractivity contribution in [2.24, 2.45) is 0 Å². The maximum Gasteiger partial charge on any atom is 0.331 e. The number of carboxylic acids is 1. The average molecular weight is 225 g/mol. The molecule has 0 aromatic heterocycles. The maximum absolute atomic E-state index is 13.6. The molecule has 1 aliphatic heterocycles.